The molecule has 2 aliphatic heterocycles. The zero-order valence-electron chi connectivity index (χ0n) is 16.9. The number of hydrogen-bond acceptors (Lipinski definition) is 3. The molecule has 28 heavy (non-hydrogen) atoms. The van der Waals surface area contributed by atoms with Crippen molar-refractivity contribution in [1.29, 1.82) is 0 Å². The predicted molar refractivity (Wildman–Crippen MR) is 112 cm³/mol. The minimum absolute atomic E-state index is 0.218. The Labute approximate surface area is 173 Å². The molecule has 0 N–H and O–H groups in total. The summed E-state index contributed by atoms with van der Waals surface area (Å²) in [6.07, 6.45) is 4.91. The van der Waals surface area contributed by atoms with Crippen molar-refractivity contribution in [2.24, 2.45) is 5.92 Å². The first kappa shape index (κ1) is 21.1. The van der Waals surface area contributed by atoms with Crippen molar-refractivity contribution in [2.45, 2.75) is 38.5 Å². The molecule has 0 aromatic heterocycles. The van der Waals surface area contributed by atoms with Crippen molar-refractivity contribution in [3.05, 3.63) is 34.9 Å². The number of likely N-dealkylation sites (tertiary alicyclic amines) is 1. The Bertz CT molecular complexity index is 674. The van der Waals surface area contributed by atoms with E-state index in [9.17, 15) is 9.59 Å². The van der Waals surface area contributed by atoms with Crippen LogP contribution in [-0.2, 0) is 16.0 Å². The Morgan fingerprint density at radius 3 is 2.54 bits per heavy atom. The number of hydrogen-bond donors (Lipinski definition) is 0. The standard InChI is InChI=1S/C22H32ClN3O2/c1-24-12-14-25(15-13-24)21(27)10-8-19-5-3-11-26(17-19)22(28)9-7-18-4-2-6-20(23)16-18/h2,4,6,16,19H,3,5,7-15,17H2,1H3/t19-/m1/s1. The highest BCUT2D eigenvalue weighted by atomic mass is 35.5. The number of rotatable bonds is 6. The van der Waals surface area contributed by atoms with E-state index in [1.54, 1.807) is 0 Å². The van der Waals surface area contributed by atoms with E-state index in [4.69, 9.17) is 11.6 Å². The highest BCUT2D eigenvalue weighted by Gasteiger charge is 2.25. The molecule has 1 aromatic rings. The Kier molecular flexibility index (Phi) is 7.74. The fourth-order valence-electron chi connectivity index (χ4n) is 4.17. The van der Waals surface area contributed by atoms with Crippen LogP contribution in [0, 0.1) is 5.92 Å². The van der Waals surface area contributed by atoms with Gasteiger partial charge in [-0.2, -0.15) is 0 Å². The van der Waals surface area contributed by atoms with Crippen LogP contribution in [0.3, 0.4) is 0 Å². The molecule has 2 fully saturated rings. The van der Waals surface area contributed by atoms with Crippen molar-refractivity contribution < 1.29 is 9.59 Å². The van der Waals surface area contributed by atoms with E-state index in [0.717, 1.165) is 70.5 Å². The number of halogens is 1. The molecule has 2 heterocycles. The van der Waals surface area contributed by atoms with Gasteiger partial charge in [0.1, 0.15) is 0 Å². The minimum atomic E-state index is 0.218. The van der Waals surface area contributed by atoms with Crippen LogP contribution in [0.5, 0.6) is 0 Å². The third kappa shape index (κ3) is 6.21. The molecule has 0 unspecified atom stereocenters. The Balaban J connectivity index is 1.40. The number of aryl methyl sites for hydroxylation is 1. The molecule has 5 nitrogen and oxygen atoms in total. The summed E-state index contributed by atoms with van der Waals surface area (Å²) in [7, 11) is 2.10. The first-order chi connectivity index (χ1) is 13.5. The molecule has 6 heteroatoms. The van der Waals surface area contributed by atoms with E-state index >= 15 is 0 Å². The molecule has 154 valence electrons. The maximum Gasteiger partial charge on any atom is 0.222 e. The van der Waals surface area contributed by atoms with Gasteiger partial charge in [-0.05, 0) is 56.3 Å². The van der Waals surface area contributed by atoms with E-state index in [-0.39, 0.29) is 11.8 Å². The number of nitrogens with zero attached hydrogens (tertiary/aromatic N) is 3. The Hall–Kier alpha value is -1.59. The van der Waals surface area contributed by atoms with Crippen LogP contribution >= 0.6 is 11.6 Å². The summed E-state index contributed by atoms with van der Waals surface area (Å²) in [5.74, 6) is 0.938. The number of piperidine rings is 1. The summed E-state index contributed by atoms with van der Waals surface area (Å²) in [6, 6.07) is 7.72. The predicted octanol–water partition coefficient (Wildman–Crippen LogP) is 3.07. The number of carbonyl (C=O) groups excluding carboxylic acids is 2. The van der Waals surface area contributed by atoms with Gasteiger partial charge >= 0.3 is 0 Å². The zero-order valence-corrected chi connectivity index (χ0v) is 17.7. The van der Waals surface area contributed by atoms with Gasteiger partial charge in [-0.3, -0.25) is 9.59 Å². The van der Waals surface area contributed by atoms with Gasteiger partial charge < -0.3 is 14.7 Å². The fourth-order valence-corrected chi connectivity index (χ4v) is 4.38. The molecular weight excluding hydrogens is 374 g/mol. The molecular formula is C22H32ClN3O2. The van der Waals surface area contributed by atoms with Gasteiger partial charge in [-0.25, -0.2) is 0 Å². The number of benzene rings is 1. The van der Waals surface area contributed by atoms with Crippen molar-refractivity contribution >= 4 is 23.4 Å². The monoisotopic (exact) mass is 405 g/mol. The average Bonchev–Trinajstić information content (AvgIpc) is 2.71. The second-order valence-electron chi connectivity index (χ2n) is 8.20. The first-order valence-corrected chi connectivity index (χ1v) is 10.9. The molecule has 0 spiro atoms. The number of likely N-dealkylation sites (N-methyl/N-ethyl adjacent to an activating group) is 1. The van der Waals surface area contributed by atoms with Gasteiger partial charge in [-0.1, -0.05) is 23.7 Å². The van der Waals surface area contributed by atoms with Crippen LogP contribution in [0.25, 0.3) is 0 Å². The maximum atomic E-state index is 12.6. The molecule has 2 aliphatic rings. The topological polar surface area (TPSA) is 43.9 Å². The zero-order chi connectivity index (χ0) is 19.9. The number of carbonyl (C=O) groups is 2. The summed E-state index contributed by atoms with van der Waals surface area (Å²) in [4.78, 5) is 31.4. The van der Waals surface area contributed by atoms with Gasteiger partial charge in [0.25, 0.3) is 0 Å². The van der Waals surface area contributed by atoms with Crippen LogP contribution in [0.15, 0.2) is 24.3 Å². The lowest BCUT2D eigenvalue weighted by atomic mass is 9.92. The molecule has 0 radical (unpaired) electrons. The summed E-state index contributed by atoms with van der Waals surface area (Å²) in [6.45, 7) is 5.25. The lowest BCUT2D eigenvalue weighted by Gasteiger charge is -2.34. The van der Waals surface area contributed by atoms with Gasteiger partial charge in [0, 0.05) is 57.1 Å². The number of amides is 2. The summed E-state index contributed by atoms with van der Waals surface area (Å²) < 4.78 is 0. The SMILES string of the molecule is CN1CCN(C(=O)CC[C@H]2CCCN(C(=O)CCc3cccc(Cl)c3)C2)CC1. The van der Waals surface area contributed by atoms with Crippen LogP contribution < -0.4 is 0 Å². The molecule has 0 aliphatic carbocycles. The van der Waals surface area contributed by atoms with Crippen LogP contribution in [0.1, 0.15) is 37.7 Å². The van der Waals surface area contributed by atoms with Gasteiger partial charge in [0.2, 0.25) is 11.8 Å². The third-order valence-electron chi connectivity index (χ3n) is 6.01. The van der Waals surface area contributed by atoms with Gasteiger partial charge in [0.15, 0.2) is 0 Å². The first-order valence-electron chi connectivity index (χ1n) is 10.5. The van der Waals surface area contributed by atoms with Gasteiger partial charge in [0.05, 0.1) is 0 Å². The molecule has 0 bridgehead atoms. The largest absolute Gasteiger partial charge is 0.342 e. The Morgan fingerprint density at radius 2 is 1.79 bits per heavy atom. The highest BCUT2D eigenvalue weighted by Crippen LogP contribution is 2.23. The smallest absolute Gasteiger partial charge is 0.222 e. The minimum Gasteiger partial charge on any atom is -0.342 e. The Morgan fingerprint density at radius 1 is 1.04 bits per heavy atom. The molecule has 1 aromatic carbocycles. The molecule has 2 saturated heterocycles. The van der Waals surface area contributed by atoms with Crippen molar-refractivity contribution in [3.8, 4) is 0 Å². The summed E-state index contributed by atoms with van der Waals surface area (Å²) in [5, 5.41) is 0.716. The molecule has 0 saturated carbocycles. The summed E-state index contributed by atoms with van der Waals surface area (Å²) >= 11 is 6.02. The molecule has 2 amide bonds. The highest BCUT2D eigenvalue weighted by molar-refractivity contribution is 6.30. The number of piperazine rings is 1. The van der Waals surface area contributed by atoms with Crippen LogP contribution in [0.4, 0.5) is 0 Å². The van der Waals surface area contributed by atoms with E-state index in [0.29, 0.717) is 23.8 Å². The second-order valence-corrected chi connectivity index (χ2v) is 8.64. The van der Waals surface area contributed by atoms with Crippen molar-refractivity contribution in [3.63, 3.8) is 0 Å². The van der Waals surface area contributed by atoms with E-state index < -0.39 is 0 Å². The van der Waals surface area contributed by atoms with E-state index in [1.807, 2.05) is 34.1 Å². The second kappa shape index (κ2) is 10.3. The lowest BCUT2D eigenvalue weighted by Crippen LogP contribution is -2.47. The third-order valence-corrected chi connectivity index (χ3v) is 6.25. The quantitative estimate of drug-likeness (QED) is 0.730. The van der Waals surface area contributed by atoms with E-state index in [1.165, 1.54) is 0 Å². The van der Waals surface area contributed by atoms with Gasteiger partial charge in [-0.15, -0.1) is 0 Å². The van der Waals surface area contributed by atoms with Crippen molar-refractivity contribution in [2.75, 3.05) is 46.3 Å². The normalized spacial score (nSPS) is 21.0. The van der Waals surface area contributed by atoms with E-state index in [2.05, 4.69) is 11.9 Å². The van der Waals surface area contributed by atoms with Crippen molar-refractivity contribution in [1.82, 2.24) is 14.7 Å². The summed E-state index contributed by atoms with van der Waals surface area (Å²) in [5.41, 5.74) is 1.10. The molecule has 1 atom stereocenters. The molecule has 3 rings (SSSR count). The maximum absolute atomic E-state index is 12.6. The lowest BCUT2D eigenvalue weighted by molar-refractivity contribution is -0.133. The van der Waals surface area contributed by atoms with Crippen LogP contribution in [-0.4, -0.2) is 72.8 Å². The fraction of sp³-hybridized carbons (Fsp3) is 0.636. The van der Waals surface area contributed by atoms with Crippen LogP contribution in [0.2, 0.25) is 5.02 Å². The average molecular weight is 406 g/mol.